The summed E-state index contributed by atoms with van der Waals surface area (Å²) in [4.78, 5) is 0. The van der Waals surface area contributed by atoms with Crippen LogP contribution >= 0.6 is 0 Å². The van der Waals surface area contributed by atoms with Gasteiger partial charge in [0, 0.05) is 0 Å². The quantitative estimate of drug-likeness (QED) is 0.646. The van der Waals surface area contributed by atoms with E-state index in [4.69, 9.17) is 9.47 Å². The molecule has 19 heavy (non-hydrogen) atoms. The Morgan fingerprint density at radius 2 is 1.05 bits per heavy atom. The van der Waals surface area contributed by atoms with Gasteiger partial charge in [0.05, 0.1) is 37.9 Å². The molecule has 0 N–H and O–H groups in total. The first kappa shape index (κ1) is 18.9. The highest BCUT2D eigenvalue weighted by Gasteiger charge is 2.15. The van der Waals surface area contributed by atoms with Gasteiger partial charge >= 0.3 is 0 Å². The number of sulfone groups is 1. The SMILES string of the molecule is CC(C)(C)COCCS(=O)(=O)CCOCC(C)(C)C. The van der Waals surface area contributed by atoms with Crippen LogP contribution in [0.3, 0.4) is 0 Å². The largest absolute Gasteiger partial charge is 0.380 e. The second kappa shape index (κ2) is 7.60. The number of rotatable bonds is 8. The summed E-state index contributed by atoms with van der Waals surface area (Å²) >= 11 is 0. The van der Waals surface area contributed by atoms with Crippen molar-refractivity contribution in [2.75, 3.05) is 37.9 Å². The highest BCUT2D eigenvalue weighted by molar-refractivity contribution is 7.91. The highest BCUT2D eigenvalue weighted by Crippen LogP contribution is 2.13. The molecule has 0 radical (unpaired) electrons. The van der Waals surface area contributed by atoms with E-state index in [1.807, 2.05) is 0 Å². The monoisotopic (exact) mass is 294 g/mol. The van der Waals surface area contributed by atoms with E-state index in [1.54, 1.807) is 0 Å². The predicted octanol–water partition coefficient (Wildman–Crippen LogP) is 2.53. The van der Waals surface area contributed by atoms with E-state index in [0.29, 0.717) is 13.2 Å². The van der Waals surface area contributed by atoms with Gasteiger partial charge in [-0.25, -0.2) is 8.42 Å². The zero-order chi connectivity index (χ0) is 15.2. The normalized spacial score (nSPS) is 13.8. The molecule has 0 aliphatic rings. The van der Waals surface area contributed by atoms with Crippen molar-refractivity contribution in [1.82, 2.24) is 0 Å². The minimum atomic E-state index is -3.07. The highest BCUT2D eigenvalue weighted by atomic mass is 32.2. The van der Waals surface area contributed by atoms with Gasteiger partial charge < -0.3 is 9.47 Å². The van der Waals surface area contributed by atoms with Crippen molar-refractivity contribution in [3.63, 3.8) is 0 Å². The summed E-state index contributed by atoms with van der Waals surface area (Å²) in [7, 11) is -3.07. The van der Waals surface area contributed by atoms with E-state index in [9.17, 15) is 8.42 Å². The lowest BCUT2D eigenvalue weighted by atomic mass is 9.99. The maximum Gasteiger partial charge on any atom is 0.154 e. The van der Waals surface area contributed by atoms with Gasteiger partial charge in [-0.05, 0) is 10.8 Å². The standard InChI is InChI=1S/C14H30O4S/c1-13(2,3)11-17-7-9-19(15,16)10-8-18-12-14(4,5)6/h7-12H2,1-6H3. The Labute approximate surface area is 118 Å². The summed E-state index contributed by atoms with van der Waals surface area (Å²) in [5, 5.41) is 0. The molecule has 0 aliphatic heterocycles. The van der Waals surface area contributed by atoms with Gasteiger partial charge in [0.2, 0.25) is 0 Å². The fourth-order valence-electron chi connectivity index (χ4n) is 1.23. The second-order valence-corrected chi connectivity index (χ2v) is 9.68. The minimum Gasteiger partial charge on any atom is -0.380 e. The maximum atomic E-state index is 11.7. The van der Waals surface area contributed by atoms with Gasteiger partial charge in [0.1, 0.15) is 0 Å². The van der Waals surface area contributed by atoms with Crippen LogP contribution in [0.15, 0.2) is 0 Å². The van der Waals surface area contributed by atoms with Crippen LogP contribution in [0.25, 0.3) is 0 Å². The Balaban J connectivity index is 3.76. The number of hydrogen-bond acceptors (Lipinski definition) is 4. The average molecular weight is 294 g/mol. The van der Waals surface area contributed by atoms with E-state index >= 15 is 0 Å². The minimum absolute atomic E-state index is 0.0690. The molecule has 0 aromatic heterocycles. The molecule has 0 saturated carbocycles. The molecule has 0 spiro atoms. The molecular weight excluding hydrogens is 264 g/mol. The Hall–Kier alpha value is -0.130. The van der Waals surface area contributed by atoms with Crippen LogP contribution in [0, 0.1) is 10.8 Å². The molecule has 0 aliphatic carbocycles. The van der Waals surface area contributed by atoms with Crippen LogP contribution < -0.4 is 0 Å². The van der Waals surface area contributed by atoms with Crippen molar-refractivity contribution in [3.05, 3.63) is 0 Å². The molecule has 0 heterocycles. The molecule has 0 amide bonds. The lowest BCUT2D eigenvalue weighted by Gasteiger charge is -2.18. The zero-order valence-electron chi connectivity index (χ0n) is 13.3. The second-order valence-electron chi connectivity index (χ2n) is 7.38. The van der Waals surface area contributed by atoms with E-state index in [1.165, 1.54) is 0 Å². The van der Waals surface area contributed by atoms with Gasteiger partial charge in [-0.15, -0.1) is 0 Å². The molecule has 0 fully saturated rings. The van der Waals surface area contributed by atoms with Crippen molar-refractivity contribution >= 4 is 9.84 Å². The van der Waals surface area contributed by atoms with Crippen LogP contribution in [-0.4, -0.2) is 46.4 Å². The summed E-state index contributed by atoms with van der Waals surface area (Å²) in [5.41, 5.74) is 0.138. The zero-order valence-corrected chi connectivity index (χ0v) is 14.1. The van der Waals surface area contributed by atoms with Crippen LogP contribution in [-0.2, 0) is 19.3 Å². The Morgan fingerprint density at radius 1 is 0.737 bits per heavy atom. The van der Waals surface area contributed by atoms with Crippen molar-refractivity contribution in [2.24, 2.45) is 10.8 Å². The molecule has 0 rings (SSSR count). The fourth-order valence-corrected chi connectivity index (χ4v) is 2.18. The molecule has 4 nitrogen and oxygen atoms in total. The third kappa shape index (κ3) is 14.1. The lowest BCUT2D eigenvalue weighted by Crippen LogP contribution is -2.23. The first-order valence-corrected chi connectivity index (χ1v) is 8.59. The third-order valence-electron chi connectivity index (χ3n) is 2.15. The molecule has 0 unspecified atom stereocenters. The topological polar surface area (TPSA) is 52.6 Å². The molecule has 0 aromatic carbocycles. The smallest absolute Gasteiger partial charge is 0.154 e. The summed E-state index contributed by atoms with van der Waals surface area (Å²) in [6.45, 7) is 14.0. The van der Waals surface area contributed by atoms with Crippen molar-refractivity contribution < 1.29 is 17.9 Å². The van der Waals surface area contributed by atoms with E-state index in [-0.39, 0.29) is 35.5 Å². The van der Waals surface area contributed by atoms with Crippen LogP contribution in [0.1, 0.15) is 41.5 Å². The van der Waals surface area contributed by atoms with Crippen LogP contribution in [0.4, 0.5) is 0 Å². The van der Waals surface area contributed by atoms with E-state index in [0.717, 1.165) is 0 Å². The van der Waals surface area contributed by atoms with Gasteiger partial charge in [-0.1, -0.05) is 41.5 Å². The van der Waals surface area contributed by atoms with Crippen LogP contribution in [0.5, 0.6) is 0 Å². The van der Waals surface area contributed by atoms with Crippen molar-refractivity contribution in [3.8, 4) is 0 Å². The molecular formula is C14H30O4S. The molecule has 0 bridgehead atoms. The third-order valence-corrected chi connectivity index (χ3v) is 3.72. The van der Waals surface area contributed by atoms with Gasteiger partial charge in [-0.3, -0.25) is 0 Å². The summed E-state index contributed by atoms with van der Waals surface area (Å²) in [6.07, 6.45) is 0. The van der Waals surface area contributed by atoms with E-state index in [2.05, 4.69) is 41.5 Å². The van der Waals surface area contributed by atoms with Gasteiger partial charge in [0.25, 0.3) is 0 Å². The molecule has 0 saturated heterocycles. The first-order chi connectivity index (χ1) is 8.41. The molecule has 5 heteroatoms. The average Bonchev–Trinajstić information content (AvgIpc) is 2.17. The fraction of sp³-hybridized carbons (Fsp3) is 1.00. The van der Waals surface area contributed by atoms with E-state index < -0.39 is 9.84 Å². The molecule has 116 valence electrons. The lowest BCUT2D eigenvalue weighted by molar-refractivity contribution is 0.0789. The first-order valence-electron chi connectivity index (χ1n) is 6.77. The number of ether oxygens (including phenoxy) is 2. The Morgan fingerprint density at radius 3 is 1.32 bits per heavy atom. The van der Waals surface area contributed by atoms with Gasteiger partial charge in [0.15, 0.2) is 9.84 Å². The van der Waals surface area contributed by atoms with Crippen molar-refractivity contribution in [1.29, 1.82) is 0 Å². The maximum absolute atomic E-state index is 11.7. The Bertz CT molecular complexity index is 305. The summed E-state index contributed by atoms with van der Waals surface area (Å²) in [5.74, 6) is 0.143. The predicted molar refractivity (Wildman–Crippen MR) is 79.2 cm³/mol. The Kier molecular flexibility index (Phi) is 7.55. The van der Waals surface area contributed by atoms with Gasteiger partial charge in [-0.2, -0.15) is 0 Å². The summed E-state index contributed by atoms with van der Waals surface area (Å²) in [6, 6.07) is 0. The molecule has 0 aromatic rings. The van der Waals surface area contributed by atoms with Crippen molar-refractivity contribution in [2.45, 2.75) is 41.5 Å². The summed E-state index contributed by atoms with van der Waals surface area (Å²) < 4.78 is 34.2. The number of hydrogen-bond donors (Lipinski definition) is 0. The molecule has 0 atom stereocenters. The van der Waals surface area contributed by atoms with Crippen LogP contribution in [0.2, 0.25) is 0 Å².